The number of aryl methyl sites for hydroxylation is 1. The van der Waals surface area contributed by atoms with Crippen molar-refractivity contribution in [3.63, 3.8) is 0 Å². The van der Waals surface area contributed by atoms with Crippen LogP contribution in [-0.2, 0) is 0 Å². The number of hydrogen-bond donors (Lipinski definition) is 0. The molecular formula is C12H8BrIOS. The Labute approximate surface area is 120 Å². The molecule has 1 nitrogen and oxygen atoms in total. The minimum atomic E-state index is 0.101. The molecule has 0 fully saturated rings. The van der Waals surface area contributed by atoms with Gasteiger partial charge in [0.05, 0.1) is 8.66 Å². The quantitative estimate of drug-likeness (QED) is 0.523. The molecule has 0 saturated carbocycles. The summed E-state index contributed by atoms with van der Waals surface area (Å²) in [4.78, 5) is 13.0. The van der Waals surface area contributed by atoms with Crippen LogP contribution < -0.4 is 0 Å². The highest BCUT2D eigenvalue weighted by atomic mass is 127. The van der Waals surface area contributed by atoms with E-state index in [1.165, 1.54) is 11.3 Å². The summed E-state index contributed by atoms with van der Waals surface area (Å²) in [5, 5.41) is 0. The fourth-order valence-corrected chi connectivity index (χ4v) is 3.34. The Morgan fingerprint density at radius 2 is 2.06 bits per heavy atom. The van der Waals surface area contributed by atoms with Gasteiger partial charge in [-0.3, -0.25) is 4.79 Å². The van der Waals surface area contributed by atoms with Gasteiger partial charge in [0, 0.05) is 9.13 Å². The van der Waals surface area contributed by atoms with E-state index in [0.717, 1.165) is 23.4 Å². The molecule has 2 rings (SSSR count). The largest absolute Gasteiger partial charge is 0.288 e. The summed E-state index contributed by atoms with van der Waals surface area (Å²) < 4.78 is 2.02. The Bertz CT molecular complexity index is 548. The smallest absolute Gasteiger partial charge is 0.204 e. The molecule has 82 valence electrons. The van der Waals surface area contributed by atoms with Crippen LogP contribution in [0.2, 0.25) is 0 Å². The maximum Gasteiger partial charge on any atom is 0.204 e. The molecule has 0 atom stereocenters. The van der Waals surface area contributed by atoms with Crippen molar-refractivity contribution in [3.05, 3.63) is 53.7 Å². The van der Waals surface area contributed by atoms with Crippen LogP contribution in [0.15, 0.2) is 34.1 Å². The molecule has 16 heavy (non-hydrogen) atoms. The third-order valence-electron chi connectivity index (χ3n) is 2.23. The van der Waals surface area contributed by atoms with Crippen LogP contribution in [-0.4, -0.2) is 5.78 Å². The first-order chi connectivity index (χ1) is 7.59. The van der Waals surface area contributed by atoms with Crippen molar-refractivity contribution >= 4 is 55.6 Å². The lowest BCUT2D eigenvalue weighted by molar-refractivity contribution is 0.104. The second kappa shape index (κ2) is 4.98. The minimum absolute atomic E-state index is 0.101. The average Bonchev–Trinajstić information content (AvgIpc) is 2.68. The molecule has 0 N–H and O–H groups in total. The first-order valence-corrected chi connectivity index (χ1v) is 7.33. The first kappa shape index (κ1) is 12.3. The zero-order valence-corrected chi connectivity index (χ0v) is 13.0. The van der Waals surface area contributed by atoms with Gasteiger partial charge < -0.3 is 0 Å². The number of ketones is 1. The van der Waals surface area contributed by atoms with Crippen molar-refractivity contribution in [2.75, 3.05) is 0 Å². The molecule has 0 aliphatic carbocycles. The Balaban J connectivity index is 2.45. The van der Waals surface area contributed by atoms with Gasteiger partial charge >= 0.3 is 0 Å². The van der Waals surface area contributed by atoms with E-state index < -0.39 is 0 Å². The molecule has 0 spiro atoms. The fourth-order valence-electron chi connectivity index (χ4n) is 1.39. The topological polar surface area (TPSA) is 17.1 Å². The summed E-state index contributed by atoms with van der Waals surface area (Å²) in [7, 11) is 0. The van der Waals surface area contributed by atoms with Crippen molar-refractivity contribution in [2.24, 2.45) is 0 Å². The zero-order valence-electron chi connectivity index (χ0n) is 8.46. The Morgan fingerprint density at radius 1 is 1.31 bits per heavy atom. The second-order valence-corrected chi connectivity index (χ2v) is 6.91. The Kier molecular flexibility index (Phi) is 3.81. The molecule has 0 radical (unpaired) electrons. The lowest BCUT2D eigenvalue weighted by Gasteiger charge is -2.04. The predicted octanol–water partition coefficient (Wildman–Crippen LogP) is 4.65. The number of rotatable bonds is 2. The second-order valence-electron chi connectivity index (χ2n) is 3.37. The van der Waals surface area contributed by atoms with Gasteiger partial charge in [-0.05, 0) is 69.2 Å². The summed E-state index contributed by atoms with van der Waals surface area (Å²) in [6.45, 7) is 2.02. The van der Waals surface area contributed by atoms with E-state index in [1.807, 2.05) is 37.3 Å². The maximum absolute atomic E-state index is 12.2. The van der Waals surface area contributed by atoms with Gasteiger partial charge in [-0.15, -0.1) is 11.3 Å². The standard InChI is InChI=1S/C12H8BrIOS/c1-7-3-2-4-8(11(7)14)12(15)9-5-6-10(13)16-9/h2-6H,1H3. The van der Waals surface area contributed by atoms with Gasteiger partial charge in [0.2, 0.25) is 5.78 Å². The predicted molar refractivity (Wildman–Crippen MR) is 79.3 cm³/mol. The molecule has 4 heteroatoms. The van der Waals surface area contributed by atoms with E-state index in [4.69, 9.17) is 0 Å². The third-order valence-corrected chi connectivity index (χ3v) is 5.29. The minimum Gasteiger partial charge on any atom is -0.288 e. The van der Waals surface area contributed by atoms with Crippen LogP contribution in [0, 0.1) is 10.5 Å². The van der Waals surface area contributed by atoms with E-state index >= 15 is 0 Å². The van der Waals surface area contributed by atoms with Crippen molar-refractivity contribution < 1.29 is 4.79 Å². The molecule has 1 aromatic carbocycles. The highest BCUT2D eigenvalue weighted by Crippen LogP contribution is 2.26. The SMILES string of the molecule is Cc1cccc(C(=O)c2ccc(Br)s2)c1I. The summed E-state index contributed by atoms with van der Waals surface area (Å²) in [5.74, 6) is 0.101. The molecule has 1 heterocycles. The third kappa shape index (κ3) is 2.38. The van der Waals surface area contributed by atoms with Crippen molar-refractivity contribution in [3.8, 4) is 0 Å². The molecule has 1 aromatic heterocycles. The number of benzene rings is 1. The van der Waals surface area contributed by atoms with Crippen LogP contribution in [0.4, 0.5) is 0 Å². The molecule has 0 aliphatic heterocycles. The van der Waals surface area contributed by atoms with E-state index in [-0.39, 0.29) is 5.78 Å². The normalized spacial score (nSPS) is 10.4. The highest BCUT2D eigenvalue weighted by molar-refractivity contribution is 14.1. The van der Waals surface area contributed by atoms with Crippen LogP contribution in [0.1, 0.15) is 20.8 Å². The number of hydrogen-bond acceptors (Lipinski definition) is 2. The van der Waals surface area contributed by atoms with Gasteiger partial charge in [0.15, 0.2) is 0 Å². The number of halogens is 2. The molecule has 0 saturated heterocycles. The Morgan fingerprint density at radius 3 is 2.69 bits per heavy atom. The van der Waals surface area contributed by atoms with Crippen LogP contribution in [0.5, 0.6) is 0 Å². The van der Waals surface area contributed by atoms with Crippen LogP contribution in [0.3, 0.4) is 0 Å². The van der Waals surface area contributed by atoms with Crippen molar-refractivity contribution in [1.29, 1.82) is 0 Å². The monoisotopic (exact) mass is 406 g/mol. The summed E-state index contributed by atoms with van der Waals surface area (Å²) in [6.07, 6.45) is 0. The highest BCUT2D eigenvalue weighted by Gasteiger charge is 2.15. The lowest BCUT2D eigenvalue weighted by atomic mass is 10.1. The summed E-state index contributed by atoms with van der Waals surface area (Å²) in [6, 6.07) is 9.58. The zero-order chi connectivity index (χ0) is 11.7. The van der Waals surface area contributed by atoms with Crippen molar-refractivity contribution in [2.45, 2.75) is 6.92 Å². The molecule has 0 amide bonds. The van der Waals surface area contributed by atoms with Gasteiger partial charge in [0.1, 0.15) is 0 Å². The molecule has 0 bridgehead atoms. The van der Waals surface area contributed by atoms with E-state index in [1.54, 1.807) is 0 Å². The van der Waals surface area contributed by atoms with Gasteiger partial charge in [0.25, 0.3) is 0 Å². The first-order valence-electron chi connectivity index (χ1n) is 4.65. The van der Waals surface area contributed by atoms with Crippen molar-refractivity contribution in [1.82, 2.24) is 0 Å². The lowest BCUT2D eigenvalue weighted by Crippen LogP contribution is -2.02. The number of carbonyl (C=O) groups is 1. The summed E-state index contributed by atoms with van der Waals surface area (Å²) in [5.41, 5.74) is 1.93. The van der Waals surface area contributed by atoms with Gasteiger partial charge in [-0.2, -0.15) is 0 Å². The number of carbonyl (C=O) groups excluding carboxylic acids is 1. The maximum atomic E-state index is 12.2. The van der Waals surface area contributed by atoms with E-state index in [0.29, 0.717) is 0 Å². The number of thiophene rings is 1. The Hall–Kier alpha value is -0.200. The van der Waals surface area contributed by atoms with E-state index in [2.05, 4.69) is 38.5 Å². The summed E-state index contributed by atoms with van der Waals surface area (Å²) >= 11 is 7.07. The van der Waals surface area contributed by atoms with E-state index in [9.17, 15) is 4.79 Å². The molecule has 2 aromatic rings. The average molecular weight is 407 g/mol. The van der Waals surface area contributed by atoms with Gasteiger partial charge in [-0.25, -0.2) is 0 Å². The molecule has 0 unspecified atom stereocenters. The molecule has 0 aliphatic rings. The van der Waals surface area contributed by atoms with Gasteiger partial charge in [-0.1, -0.05) is 12.1 Å². The fraction of sp³-hybridized carbons (Fsp3) is 0.0833. The molecular weight excluding hydrogens is 399 g/mol. The van der Waals surface area contributed by atoms with Crippen LogP contribution >= 0.6 is 49.9 Å². The van der Waals surface area contributed by atoms with Crippen LogP contribution in [0.25, 0.3) is 0 Å².